The standard InChI is InChI=1S/C10H12O3S/c1-7-3-4-9(14(2)13)8(5-7)6-10(11)12/h3-5H,6H2,1-2H3,(H,11,12). The number of benzene rings is 1. The minimum atomic E-state index is -1.13. The second kappa shape index (κ2) is 4.37. The second-order valence-corrected chi connectivity index (χ2v) is 4.48. The molecule has 0 spiro atoms. The van der Waals surface area contributed by atoms with Gasteiger partial charge in [0.2, 0.25) is 0 Å². The Morgan fingerprint density at radius 3 is 2.64 bits per heavy atom. The maximum Gasteiger partial charge on any atom is 0.307 e. The normalized spacial score (nSPS) is 12.4. The quantitative estimate of drug-likeness (QED) is 0.823. The molecule has 0 bridgehead atoms. The highest BCUT2D eigenvalue weighted by Crippen LogP contribution is 2.15. The van der Waals surface area contributed by atoms with Gasteiger partial charge < -0.3 is 5.11 Å². The number of hydrogen-bond acceptors (Lipinski definition) is 2. The van der Waals surface area contributed by atoms with Crippen LogP contribution >= 0.6 is 0 Å². The topological polar surface area (TPSA) is 54.4 Å². The predicted octanol–water partition coefficient (Wildman–Crippen LogP) is 1.36. The number of rotatable bonds is 3. The summed E-state index contributed by atoms with van der Waals surface area (Å²) >= 11 is 0. The molecule has 14 heavy (non-hydrogen) atoms. The lowest BCUT2D eigenvalue weighted by molar-refractivity contribution is -0.136. The molecule has 0 aliphatic carbocycles. The Morgan fingerprint density at radius 1 is 1.50 bits per heavy atom. The molecule has 0 radical (unpaired) electrons. The minimum absolute atomic E-state index is 0.0728. The molecule has 0 aromatic heterocycles. The third-order valence-electron chi connectivity index (χ3n) is 1.87. The highest BCUT2D eigenvalue weighted by molar-refractivity contribution is 7.84. The maximum absolute atomic E-state index is 11.3. The molecule has 3 nitrogen and oxygen atoms in total. The molecule has 0 aliphatic rings. The summed E-state index contributed by atoms with van der Waals surface area (Å²) < 4.78 is 11.3. The summed E-state index contributed by atoms with van der Waals surface area (Å²) in [5.41, 5.74) is 1.62. The molecule has 76 valence electrons. The van der Waals surface area contributed by atoms with E-state index in [0.29, 0.717) is 10.5 Å². The summed E-state index contributed by atoms with van der Waals surface area (Å²) in [4.78, 5) is 11.2. The third kappa shape index (κ3) is 2.67. The Balaban J connectivity index is 3.15. The van der Waals surface area contributed by atoms with Crippen LogP contribution in [0.25, 0.3) is 0 Å². The van der Waals surface area contributed by atoms with Gasteiger partial charge in [-0.3, -0.25) is 9.00 Å². The summed E-state index contributed by atoms with van der Waals surface area (Å²) in [6.07, 6.45) is 1.48. The first-order valence-corrected chi connectivity index (χ1v) is 5.71. The van der Waals surface area contributed by atoms with E-state index in [-0.39, 0.29) is 6.42 Å². The molecule has 1 aromatic rings. The zero-order chi connectivity index (χ0) is 10.7. The molecular weight excluding hydrogens is 200 g/mol. The number of aryl methyl sites for hydroxylation is 1. The second-order valence-electron chi connectivity index (χ2n) is 3.14. The first-order valence-electron chi connectivity index (χ1n) is 4.15. The van der Waals surface area contributed by atoms with Crippen LogP contribution in [-0.2, 0) is 22.0 Å². The number of carboxylic acids is 1. The largest absolute Gasteiger partial charge is 0.481 e. The van der Waals surface area contributed by atoms with Gasteiger partial charge in [-0.1, -0.05) is 17.7 Å². The van der Waals surface area contributed by atoms with E-state index in [1.54, 1.807) is 18.4 Å². The van der Waals surface area contributed by atoms with Gasteiger partial charge >= 0.3 is 5.97 Å². The molecule has 0 amide bonds. The predicted molar refractivity (Wildman–Crippen MR) is 54.9 cm³/mol. The van der Waals surface area contributed by atoms with Gasteiger partial charge in [-0.05, 0) is 18.6 Å². The first kappa shape index (κ1) is 10.9. The SMILES string of the molecule is Cc1ccc(S(C)=O)c(CC(=O)O)c1. The van der Waals surface area contributed by atoms with E-state index in [0.717, 1.165) is 5.56 Å². The Hall–Kier alpha value is -1.16. The molecule has 1 rings (SSSR count). The summed E-state index contributed by atoms with van der Waals surface area (Å²) in [5.74, 6) is -0.901. The van der Waals surface area contributed by atoms with Crippen molar-refractivity contribution in [3.63, 3.8) is 0 Å². The van der Waals surface area contributed by atoms with Gasteiger partial charge in [0, 0.05) is 11.2 Å². The van der Waals surface area contributed by atoms with Gasteiger partial charge in [0.1, 0.15) is 0 Å². The van der Waals surface area contributed by atoms with Crippen LogP contribution in [0, 0.1) is 6.92 Å². The maximum atomic E-state index is 11.3. The van der Waals surface area contributed by atoms with Crippen molar-refractivity contribution in [3.8, 4) is 0 Å². The lowest BCUT2D eigenvalue weighted by Gasteiger charge is -2.05. The molecule has 0 heterocycles. The molecule has 1 aromatic carbocycles. The zero-order valence-electron chi connectivity index (χ0n) is 8.11. The summed E-state index contributed by atoms with van der Waals surface area (Å²) in [6.45, 7) is 1.88. The summed E-state index contributed by atoms with van der Waals surface area (Å²) in [6, 6.07) is 5.33. The van der Waals surface area contributed by atoms with Crippen LogP contribution in [0.15, 0.2) is 23.1 Å². The van der Waals surface area contributed by atoms with E-state index in [1.807, 2.05) is 13.0 Å². The Labute approximate surface area is 85.2 Å². The van der Waals surface area contributed by atoms with Crippen LogP contribution in [0.1, 0.15) is 11.1 Å². The van der Waals surface area contributed by atoms with Crippen LogP contribution in [0.2, 0.25) is 0 Å². The Morgan fingerprint density at radius 2 is 2.14 bits per heavy atom. The molecule has 0 saturated carbocycles. The number of aliphatic carboxylic acids is 1. The molecule has 0 saturated heterocycles. The fraction of sp³-hybridized carbons (Fsp3) is 0.300. The van der Waals surface area contributed by atoms with Crippen LogP contribution in [0.5, 0.6) is 0 Å². The number of carboxylic acid groups (broad SMARTS) is 1. The zero-order valence-corrected chi connectivity index (χ0v) is 8.93. The molecule has 1 atom stereocenters. The van der Waals surface area contributed by atoms with E-state index >= 15 is 0 Å². The minimum Gasteiger partial charge on any atom is -0.481 e. The van der Waals surface area contributed by atoms with Gasteiger partial charge in [0.15, 0.2) is 0 Å². The van der Waals surface area contributed by atoms with E-state index in [2.05, 4.69) is 0 Å². The fourth-order valence-electron chi connectivity index (χ4n) is 1.29. The van der Waals surface area contributed by atoms with Gasteiger partial charge in [-0.2, -0.15) is 0 Å². The van der Waals surface area contributed by atoms with Gasteiger partial charge in [-0.25, -0.2) is 0 Å². The van der Waals surface area contributed by atoms with Crippen LogP contribution in [0.4, 0.5) is 0 Å². The van der Waals surface area contributed by atoms with Crippen molar-refractivity contribution < 1.29 is 14.1 Å². The molecule has 0 aliphatic heterocycles. The Kier molecular flexibility index (Phi) is 3.41. The molecule has 0 fully saturated rings. The van der Waals surface area contributed by atoms with Crippen LogP contribution in [0.3, 0.4) is 0 Å². The lowest BCUT2D eigenvalue weighted by atomic mass is 10.1. The molecule has 1 N–H and O–H groups in total. The van der Waals surface area contributed by atoms with Gasteiger partial charge in [0.25, 0.3) is 0 Å². The van der Waals surface area contributed by atoms with Crippen molar-refractivity contribution in [1.82, 2.24) is 0 Å². The van der Waals surface area contributed by atoms with Crippen molar-refractivity contribution >= 4 is 16.8 Å². The third-order valence-corrected chi connectivity index (χ3v) is 2.89. The van der Waals surface area contributed by atoms with Crippen LogP contribution < -0.4 is 0 Å². The summed E-state index contributed by atoms with van der Waals surface area (Å²) in [5, 5.41) is 8.67. The number of carbonyl (C=O) groups is 1. The van der Waals surface area contributed by atoms with E-state index in [9.17, 15) is 9.00 Å². The summed E-state index contributed by atoms with van der Waals surface area (Å²) in [7, 11) is -1.13. The average Bonchev–Trinajstić information content (AvgIpc) is 2.01. The van der Waals surface area contributed by atoms with Crippen molar-refractivity contribution in [1.29, 1.82) is 0 Å². The van der Waals surface area contributed by atoms with E-state index < -0.39 is 16.8 Å². The lowest BCUT2D eigenvalue weighted by Crippen LogP contribution is -2.04. The highest BCUT2D eigenvalue weighted by atomic mass is 32.2. The molecule has 1 unspecified atom stereocenters. The first-order chi connectivity index (χ1) is 6.50. The smallest absolute Gasteiger partial charge is 0.307 e. The fourth-order valence-corrected chi connectivity index (χ4v) is 2.05. The van der Waals surface area contributed by atoms with Crippen molar-refractivity contribution in [2.75, 3.05) is 6.26 Å². The molecule has 4 heteroatoms. The average molecular weight is 212 g/mol. The van der Waals surface area contributed by atoms with Gasteiger partial charge in [0.05, 0.1) is 17.2 Å². The monoisotopic (exact) mass is 212 g/mol. The van der Waals surface area contributed by atoms with E-state index in [1.165, 1.54) is 0 Å². The Bertz CT molecular complexity index is 385. The van der Waals surface area contributed by atoms with Gasteiger partial charge in [-0.15, -0.1) is 0 Å². The number of hydrogen-bond donors (Lipinski definition) is 1. The highest BCUT2D eigenvalue weighted by Gasteiger charge is 2.09. The van der Waals surface area contributed by atoms with Crippen molar-refractivity contribution in [2.45, 2.75) is 18.2 Å². The molecular formula is C10H12O3S. The van der Waals surface area contributed by atoms with E-state index in [4.69, 9.17) is 5.11 Å². The van der Waals surface area contributed by atoms with Crippen LogP contribution in [-0.4, -0.2) is 21.5 Å². The van der Waals surface area contributed by atoms with Crippen molar-refractivity contribution in [3.05, 3.63) is 29.3 Å². The van der Waals surface area contributed by atoms with Crippen molar-refractivity contribution in [2.24, 2.45) is 0 Å².